The van der Waals surface area contributed by atoms with E-state index in [2.05, 4.69) is 15.5 Å². The van der Waals surface area contributed by atoms with Gasteiger partial charge in [-0.1, -0.05) is 17.7 Å². The van der Waals surface area contributed by atoms with Crippen molar-refractivity contribution in [3.05, 3.63) is 81.9 Å². The van der Waals surface area contributed by atoms with Gasteiger partial charge >= 0.3 is 0 Å². The predicted octanol–water partition coefficient (Wildman–Crippen LogP) is 3.73. The molecule has 1 aromatic heterocycles. The minimum absolute atomic E-state index is 0.106. The number of nitrogens with one attached hydrogen (secondary N) is 1. The van der Waals surface area contributed by atoms with Crippen LogP contribution in [0.2, 0.25) is 0 Å². The summed E-state index contributed by atoms with van der Waals surface area (Å²) in [4.78, 5) is 27.5. The highest BCUT2D eigenvalue weighted by atomic mass is 16.6. The van der Waals surface area contributed by atoms with Crippen molar-refractivity contribution in [2.45, 2.75) is 6.92 Å². The summed E-state index contributed by atoms with van der Waals surface area (Å²) < 4.78 is 5.32. The van der Waals surface area contributed by atoms with Crippen LogP contribution in [0.25, 0.3) is 16.7 Å². The fraction of sp³-hybridized carbons (Fsp3) is 0.208. The number of ether oxygens (including phenoxy) is 1. The molecule has 0 bridgehead atoms. The molecule has 0 atom stereocenters. The van der Waals surface area contributed by atoms with Gasteiger partial charge in [0.2, 0.25) is 0 Å². The van der Waals surface area contributed by atoms with Gasteiger partial charge in [-0.25, -0.2) is 0 Å². The van der Waals surface area contributed by atoms with E-state index in [-0.39, 0.29) is 11.3 Å². The summed E-state index contributed by atoms with van der Waals surface area (Å²) in [5.41, 5.74) is 4.38. The number of nitro groups is 1. The summed E-state index contributed by atoms with van der Waals surface area (Å²) in [6, 6.07) is 17.6. The topological polar surface area (TPSA) is 115 Å². The second kappa shape index (κ2) is 8.91. The number of hydrogen-bond donors (Lipinski definition) is 1. The molecular formula is C24H22N6O4. The Bertz CT molecular complexity index is 1380. The SMILES string of the molecule is Cc1ccc(-n2nc3ccc(NC(=O)c4ccc(N5CCOCC5)c([N+](=O)[O-])c4)cc3n2)cc1. The molecule has 10 heteroatoms. The second-order valence-corrected chi connectivity index (χ2v) is 8.04. The van der Waals surface area contributed by atoms with Crippen molar-refractivity contribution in [2.24, 2.45) is 0 Å². The minimum atomic E-state index is -0.461. The summed E-state index contributed by atoms with van der Waals surface area (Å²) in [5.74, 6) is -0.443. The molecule has 1 aliphatic heterocycles. The molecular weight excluding hydrogens is 436 g/mol. The number of anilines is 2. The van der Waals surface area contributed by atoms with Gasteiger partial charge in [0, 0.05) is 30.4 Å². The maximum atomic E-state index is 12.9. The first kappa shape index (κ1) is 21.5. The van der Waals surface area contributed by atoms with Gasteiger partial charge < -0.3 is 15.0 Å². The Hall–Kier alpha value is -4.31. The van der Waals surface area contributed by atoms with E-state index in [4.69, 9.17) is 4.74 Å². The number of carbonyl (C=O) groups excluding carboxylic acids is 1. The normalized spacial score (nSPS) is 13.7. The molecule has 5 rings (SSSR count). The fourth-order valence-electron chi connectivity index (χ4n) is 3.87. The number of nitrogens with zero attached hydrogens (tertiary/aromatic N) is 5. The van der Waals surface area contributed by atoms with E-state index in [0.717, 1.165) is 11.3 Å². The Labute approximate surface area is 194 Å². The molecule has 1 aliphatic rings. The zero-order valence-corrected chi connectivity index (χ0v) is 18.5. The maximum absolute atomic E-state index is 12.9. The average Bonchev–Trinajstić information content (AvgIpc) is 3.28. The van der Waals surface area contributed by atoms with Crippen molar-refractivity contribution in [3.8, 4) is 5.69 Å². The number of aryl methyl sites for hydroxylation is 1. The number of nitro benzene ring substituents is 1. The Kier molecular flexibility index (Phi) is 5.64. The molecule has 2 heterocycles. The molecule has 1 fully saturated rings. The van der Waals surface area contributed by atoms with Crippen LogP contribution < -0.4 is 10.2 Å². The predicted molar refractivity (Wildman–Crippen MR) is 128 cm³/mol. The largest absolute Gasteiger partial charge is 0.378 e. The first-order chi connectivity index (χ1) is 16.5. The summed E-state index contributed by atoms with van der Waals surface area (Å²) in [7, 11) is 0. The van der Waals surface area contributed by atoms with Gasteiger partial charge in [0.15, 0.2) is 0 Å². The molecule has 34 heavy (non-hydrogen) atoms. The molecule has 4 aromatic rings. The van der Waals surface area contributed by atoms with Crippen molar-refractivity contribution >= 4 is 34.0 Å². The number of hydrogen-bond acceptors (Lipinski definition) is 7. The van der Waals surface area contributed by atoms with E-state index in [1.165, 1.54) is 6.07 Å². The molecule has 0 spiro atoms. The zero-order chi connectivity index (χ0) is 23.7. The van der Waals surface area contributed by atoms with Gasteiger partial charge in [-0.05, 0) is 49.4 Å². The number of benzene rings is 3. The van der Waals surface area contributed by atoms with E-state index in [0.29, 0.717) is 48.7 Å². The molecule has 0 radical (unpaired) electrons. The number of morpholine rings is 1. The van der Waals surface area contributed by atoms with Crippen LogP contribution in [0.4, 0.5) is 17.1 Å². The zero-order valence-electron chi connectivity index (χ0n) is 18.5. The highest BCUT2D eigenvalue weighted by Gasteiger charge is 2.23. The van der Waals surface area contributed by atoms with Gasteiger partial charge in [0.05, 0.1) is 23.8 Å². The van der Waals surface area contributed by atoms with Crippen molar-refractivity contribution in [3.63, 3.8) is 0 Å². The fourth-order valence-corrected chi connectivity index (χ4v) is 3.87. The van der Waals surface area contributed by atoms with Crippen LogP contribution in [0.5, 0.6) is 0 Å². The van der Waals surface area contributed by atoms with E-state index >= 15 is 0 Å². The number of carbonyl (C=O) groups is 1. The Morgan fingerprint density at radius 1 is 1.00 bits per heavy atom. The minimum Gasteiger partial charge on any atom is -0.378 e. The molecule has 1 N–H and O–H groups in total. The Balaban J connectivity index is 1.38. The van der Waals surface area contributed by atoms with Crippen molar-refractivity contribution in [1.82, 2.24) is 15.0 Å². The van der Waals surface area contributed by atoms with Gasteiger partial charge in [-0.3, -0.25) is 14.9 Å². The number of aromatic nitrogens is 3. The van der Waals surface area contributed by atoms with Gasteiger partial charge in [0.25, 0.3) is 11.6 Å². The van der Waals surface area contributed by atoms with E-state index in [1.807, 2.05) is 36.1 Å². The first-order valence-corrected chi connectivity index (χ1v) is 10.8. The van der Waals surface area contributed by atoms with Crippen LogP contribution in [-0.4, -0.2) is 52.1 Å². The van der Waals surface area contributed by atoms with E-state index < -0.39 is 10.8 Å². The van der Waals surface area contributed by atoms with Gasteiger partial charge in [-0.15, -0.1) is 10.2 Å². The molecule has 0 aliphatic carbocycles. The molecule has 0 unspecified atom stereocenters. The molecule has 10 nitrogen and oxygen atoms in total. The van der Waals surface area contributed by atoms with E-state index in [1.54, 1.807) is 35.1 Å². The molecule has 1 saturated heterocycles. The number of fused-ring (bicyclic) bond motifs is 1. The molecule has 1 amide bonds. The van der Waals surface area contributed by atoms with Crippen molar-refractivity contribution in [2.75, 3.05) is 36.5 Å². The molecule has 0 saturated carbocycles. The van der Waals surface area contributed by atoms with Gasteiger partial charge in [-0.2, -0.15) is 4.80 Å². The number of amides is 1. The highest BCUT2D eigenvalue weighted by Crippen LogP contribution is 2.30. The molecule has 172 valence electrons. The second-order valence-electron chi connectivity index (χ2n) is 8.04. The first-order valence-electron chi connectivity index (χ1n) is 10.8. The third-order valence-corrected chi connectivity index (χ3v) is 5.69. The maximum Gasteiger partial charge on any atom is 0.293 e. The smallest absolute Gasteiger partial charge is 0.293 e. The van der Waals surface area contributed by atoms with Crippen LogP contribution in [0.3, 0.4) is 0 Å². The third kappa shape index (κ3) is 4.30. The number of rotatable bonds is 5. The monoisotopic (exact) mass is 458 g/mol. The van der Waals surface area contributed by atoms with Crippen LogP contribution in [0.1, 0.15) is 15.9 Å². The lowest BCUT2D eigenvalue weighted by Crippen LogP contribution is -2.36. The van der Waals surface area contributed by atoms with E-state index in [9.17, 15) is 14.9 Å². The van der Waals surface area contributed by atoms with Crippen LogP contribution >= 0.6 is 0 Å². The van der Waals surface area contributed by atoms with Crippen molar-refractivity contribution in [1.29, 1.82) is 0 Å². The van der Waals surface area contributed by atoms with Crippen LogP contribution in [-0.2, 0) is 4.74 Å². The van der Waals surface area contributed by atoms with Gasteiger partial charge in [0.1, 0.15) is 16.7 Å². The van der Waals surface area contributed by atoms with Crippen molar-refractivity contribution < 1.29 is 14.5 Å². The van der Waals surface area contributed by atoms with Crippen LogP contribution in [0.15, 0.2) is 60.7 Å². The third-order valence-electron chi connectivity index (χ3n) is 5.69. The lowest BCUT2D eigenvalue weighted by atomic mass is 10.1. The quantitative estimate of drug-likeness (QED) is 0.358. The highest BCUT2D eigenvalue weighted by molar-refractivity contribution is 6.05. The lowest BCUT2D eigenvalue weighted by molar-refractivity contribution is -0.384. The summed E-state index contributed by atoms with van der Waals surface area (Å²) in [6.45, 7) is 4.16. The Morgan fingerprint density at radius 2 is 1.74 bits per heavy atom. The standard InChI is InChI=1S/C24H22N6O4/c1-16-2-6-19(7-3-16)29-26-20-8-5-18(15-21(20)27-29)25-24(31)17-4-9-22(23(14-17)30(32)33)28-10-12-34-13-11-28/h2-9,14-15H,10-13H2,1H3,(H,25,31). The summed E-state index contributed by atoms with van der Waals surface area (Å²) in [5, 5.41) is 23.5. The van der Waals surface area contributed by atoms with Crippen LogP contribution in [0, 0.1) is 17.0 Å². The lowest BCUT2D eigenvalue weighted by Gasteiger charge is -2.28. The summed E-state index contributed by atoms with van der Waals surface area (Å²) in [6.07, 6.45) is 0. The average molecular weight is 458 g/mol. The Morgan fingerprint density at radius 3 is 2.47 bits per heavy atom. The summed E-state index contributed by atoms with van der Waals surface area (Å²) >= 11 is 0. The molecule has 3 aromatic carbocycles.